The molecule has 0 aliphatic rings. The van der Waals surface area contributed by atoms with Crippen molar-refractivity contribution in [2.45, 2.75) is 0 Å². The molecule has 140 valence electrons. The van der Waals surface area contributed by atoms with Crippen molar-refractivity contribution in [3.8, 4) is 28.3 Å². The van der Waals surface area contributed by atoms with Crippen LogP contribution in [0.3, 0.4) is 0 Å². The SMILES string of the molecule is COc1ccc(-c2csc(NC(=O)c3ccc(-c4ccc(Br)cc4)o3)n2)cc1. The highest BCUT2D eigenvalue weighted by Gasteiger charge is 2.14. The van der Waals surface area contributed by atoms with E-state index in [1.807, 2.05) is 53.9 Å². The standard InChI is InChI=1S/C21H15BrN2O3S/c1-26-16-8-4-13(5-9-16)17-12-28-21(23-17)24-20(25)19-11-10-18(27-19)14-2-6-15(22)7-3-14/h2-12H,1H3,(H,23,24,25). The molecule has 0 aliphatic carbocycles. The number of carbonyl (C=O) groups is 1. The predicted octanol–water partition coefficient (Wildman–Crippen LogP) is 6.09. The first-order valence-electron chi connectivity index (χ1n) is 8.39. The van der Waals surface area contributed by atoms with Crippen LogP contribution < -0.4 is 10.1 Å². The lowest BCUT2D eigenvalue weighted by Gasteiger charge is -2.01. The van der Waals surface area contributed by atoms with E-state index < -0.39 is 0 Å². The second-order valence-electron chi connectivity index (χ2n) is 5.89. The van der Waals surface area contributed by atoms with Gasteiger partial charge in [0.15, 0.2) is 10.9 Å². The lowest BCUT2D eigenvalue weighted by molar-refractivity contribution is 0.0997. The van der Waals surface area contributed by atoms with Crippen molar-refractivity contribution in [2.24, 2.45) is 0 Å². The number of halogens is 1. The van der Waals surface area contributed by atoms with Crippen molar-refractivity contribution in [2.75, 3.05) is 12.4 Å². The Kier molecular flexibility index (Phi) is 5.27. The molecule has 2 aromatic heterocycles. The summed E-state index contributed by atoms with van der Waals surface area (Å²) in [7, 11) is 1.63. The summed E-state index contributed by atoms with van der Waals surface area (Å²) in [5.41, 5.74) is 2.64. The summed E-state index contributed by atoms with van der Waals surface area (Å²) in [6.07, 6.45) is 0. The zero-order valence-corrected chi connectivity index (χ0v) is 17.2. The molecule has 0 atom stereocenters. The maximum Gasteiger partial charge on any atom is 0.293 e. The third-order valence-electron chi connectivity index (χ3n) is 4.07. The Bertz CT molecular complexity index is 1100. The van der Waals surface area contributed by atoms with Crippen LogP contribution in [0.4, 0.5) is 5.13 Å². The summed E-state index contributed by atoms with van der Waals surface area (Å²) in [5.74, 6) is 1.32. The number of anilines is 1. The first-order chi connectivity index (χ1) is 13.6. The molecule has 2 aromatic carbocycles. The van der Waals surface area contributed by atoms with Crippen LogP contribution in [-0.4, -0.2) is 18.0 Å². The predicted molar refractivity (Wildman–Crippen MR) is 114 cm³/mol. The van der Waals surface area contributed by atoms with E-state index in [-0.39, 0.29) is 11.7 Å². The van der Waals surface area contributed by atoms with Crippen molar-refractivity contribution in [3.05, 3.63) is 76.3 Å². The van der Waals surface area contributed by atoms with E-state index in [1.54, 1.807) is 19.2 Å². The number of methoxy groups -OCH3 is 1. The molecule has 0 saturated carbocycles. The Morgan fingerprint density at radius 2 is 1.75 bits per heavy atom. The quantitative estimate of drug-likeness (QED) is 0.395. The lowest BCUT2D eigenvalue weighted by Crippen LogP contribution is -2.10. The normalized spacial score (nSPS) is 10.6. The first kappa shape index (κ1) is 18.5. The van der Waals surface area contributed by atoms with Crippen molar-refractivity contribution in [1.82, 2.24) is 4.98 Å². The molecule has 0 unspecified atom stereocenters. The Morgan fingerprint density at radius 1 is 1.04 bits per heavy atom. The van der Waals surface area contributed by atoms with Crippen LogP contribution in [0.2, 0.25) is 0 Å². The number of ether oxygens (including phenoxy) is 1. The molecule has 1 amide bonds. The third-order valence-corrected chi connectivity index (χ3v) is 5.36. The highest BCUT2D eigenvalue weighted by molar-refractivity contribution is 9.10. The number of furan rings is 1. The maximum absolute atomic E-state index is 12.5. The van der Waals surface area contributed by atoms with Crippen molar-refractivity contribution in [3.63, 3.8) is 0 Å². The van der Waals surface area contributed by atoms with Crippen LogP contribution in [0, 0.1) is 0 Å². The van der Waals surface area contributed by atoms with Crippen LogP contribution >= 0.6 is 27.3 Å². The highest BCUT2D eigenvalue weighted by Crippen LogP contribution is 2.28. The van der Waals surface area contributed by atoms with Gasteiger partial charge in [0.1, 0.15) is 11.5 Å². The topological polar surface area (TPSA) is 64.4 Å². The Balaban J connectivity index is 1.47. The van der Waals surface area contributed by atoms with Gasteiger partial charge in [-0.05, 0) is 48.5 Å². The maximum atomic E-state index is 12.5. The molecule has 2 heterocycles. The molecule has 4 aromatic rings. The number of nitrogens with zero attached hydrogens (tertiary/aromatic N) is 1. The van der Waals surface area contributed by atoms with Crippen molar-refractivity contribution < 1.29 is 13.9 Å². The highest BCUT2D eigenvalue weighted by atomic mass is 79.9. The molecule has 4 rings (SSSR count). The summed E-state index contributed by atoms with van der Waals surface area (Å²) in [4.78, 5) is 17.0. The van der Waals surface area contributed by atoms with E-state index >= 15 is 0 Å². The molecule has 0 fully saturated rings. The van der Waals surface area contributed by atoms with Crippen LogP contribution in [-0.2, 0) is 0 Å². The number of rotatable bonds is 5. The third kappa shape index (κ3) is 4.00. The number of hydrogen-bond donors (Lipinski definition) is 1. The average Bonchev–Trinajstić information content (AvgIpc) is 3.39. The minimum Gasteiger partial charge on any atom is -0.497 e. The lowest BCUT2D eigenvalue weighted by atomic mass is 10.2. The molecule has 5 nitrogen and oxygen atoms in total. The number of amides is 1. The Labute approximate surface area is 174 Å². The van der Waals surface area contributed by atoms with Gasteiger partial charge in [-0.15, -0.1) is 11.3 Å². The summed E-state index contributed by atoms with van der Waals surface area (Å²) >= 11 is 4.76. The van der Waals surface area contributed by atoms with E-state index in [4.69, 9.17) is 9.15 Å². The fourth-order valence-corrected chi connectivity index (χ4v) is 3.59. The number of thiazole rings is 1. The van der Waals surface area contributed by atoms with E-state index in [9.17, 15) is 4.79 Å². The fraction of sp³-hybridized carbons (Fsp3) is 0.0476. The molecule has 1 N–H and O–H groups in total. The first-order valence-corrected chi connectivity index (χ1v) is 10.1. The van der Waals surface area contributed by atoms with Gasteiger partial charge in [0, 0.05) is 21.0 Å². The zero-order valence-electron chi connectivity index (χ0n) is 14.8. The summed E-state index contributed by atoms with van der Waals surface area (Å²) in [5, 5.41) is 5.19. The average molecular weight is 455 g/mol. The number of nitrogens with one attached hydrogen (secondary N) is 1. The molecule has 28 heavy (non-hydrogen) atoms. The molecule has 0 radical (unpaired) electrons. The monoisotopic (exact) mass is 454 g/mol. The minimum absolute atomic E-state index is 0.235. The number of hydrogen-bond acceptors (Lipinski definition) is 5. The molecule has 0 saturated heterocycles. The zero-order chi connectivity index (χ0) is 19.5. The second-order valence-corrected chi connectivity index (χ2v) is 7.67. The van der Waals surface area contributed by atoms with Crippen LogP contribution in [0.1, 0.15) is 10.6 Å². The van der Waals surface area contributed by atoms with Crippen molar-refractivity contribution >= 4 is 38.3 Å². The largest absolute Gasteiger partial charge is 0.497 e. The van der Waals surface area contributed by atoms with Gasteiger partial charge in [-0.2, -0.15) is 0 Å². The van der Waals surface area contributed by atoms with Crippen molar-refractivity contribution in [1.29, 1.82) is 0 Å². The molecule has 0 spiro atoms. The van der Waals surface area contributed by atoms with E-state index in [0.29, 0.717) is 10.9 Å². The summed E-state index contributed by atoms with van der Waals surface area (Å²) in [6, 6.07) is 18.7. The number of benzene rings is 2. The van der Waals surface area contributed by atoms with Gasteiger partial charge in [-0.3, -0.25) is 10.1 Å². The van der Waals surface area contributed by atoms with Gasteiger partial charge < -0.3 is 9.15 Å². The molecule has 0 bridgehead atoms. The smallest absolute Gasteiger partial charge is 0.293 e. The van der Waals surface area contributed by atoms with Gasteiger partial charge in [-0.25, -0.2) is 4.98 Å². The molecule has 0 aliphatic heterocycles. The Morgan fingerprint density at radius 3 is 2.46 bits per heavy atom. The van der Waals surface area contributed by atoms with Gasteiger partial charge in [-0.1, -0.05) is 28.1 Å². The van der Waals surface area contributed by atoms with Gasteiger partial charge >= 0.3 is 0 Å². The van der Waals surface area contributed by atoms with Gasteiger partial charge in [0.05, 0.1) is 12.8 Å². The fourth-order valence-electron chi connectivity index (χ4n) is 2.61. The van der Waals surface area contributed by atoms with Gasteiger partial charge in [0.25, 0.3) is 5.91 Å². The van der Waals surface area contributed by atoms with Gasteiger partial charge in [0.2, 0.25) is 0 Å². The number of carbonyl (C=O) groups excluding carboxylic acids is 1. The minimum atomic E-state index is -0.334. The molecular weight excluding hydrogens is 440 g/mol. The number of aromatic nitrogens is 1. The Hall–Kier alpha value is -2.90. The summed E-state index contributed by atoms with van der Waals surface area (Å²) in [6.45, 7) is 0. The van der Waals surface area contributed by atoms with Crippen LogP contribution in [0.25, 0.3) is 22.6 Å². The van der Waals surface area contributed by atoms with E-state index in [2.05, 4.69) is 26.2 Å². The van der Waals surface area contributed by atoms with E-state index in [0.717, 1.165) is 27.0 Å². The second kappa shape index (κ2) is 8.00. The van der Waals surface area contributed by atoms with E-state index in [1.165, 1.54) is 11.3 Å². The van der Waals surface area contributed by atoms with Crippen LogP contribution in [0.15, 0.2) is 74.9 Å². The van der Waals surface area contributed by atoms with Crippen LogP contribution in [0.5, 0.6) is 5.75 Å². The molecule has 7 heteroatoms. The molecular formula is C21H15BrN2O3S. The summed E-state index contributed by atoms with van der Waals surface area (Å²) < 4.78 is 11.8.